The Labute approximate surface area is 155 Å². The normalized spacial score (nSPS) is 14.6. The Morgan fingerprint density at radius 1 is 1.32 bits per heavy atom. The molecule has 6 heteroatoms. The number of nitrogens with two attached hydrogens (primary N) is 1. The second-order valence-corrected chi connectivity index (χ2v) is 7.48. The minimum Gasteiger partial charge on any atom is -0.384 e. The van der Waals surface area contributed by atoms with Gasteiger partial charge in [-0.05, 0) is 41.8 Å². The fourth-order valence-electron chi connectivity index (χ4n) is 2.69. The first-order chi connectivity index (χ1) is 12.0. The van der Waals surface area contributed by atoms with Gasteiger partial charge in [-0.2, -0.15) is 0 Å². The fourth-order valence-corrected chi connectivity index (χ4v) is 3.66. The van der Waals surface area contributed by atoms with Gasteiger partial charge in [0.25, 0.3) is 0 Å². The molecule has 0 fully saturated rings. The molecule has 3 N–H and O–H groups in total. The van der Waals surface area contributed by atoms with Crippen molar-refractivity contribution in [2.45, 2.75) is 6.42 Å². The van der Waals surface area contributed by atoms with E-state index in [0.717, 1.165) is 22.4 Å². The Balaban J connectivity index is 1.65. The lowest BCUT2D eigenvalue weighted by Crippen LogP contribution is -2.33. The molecule has 2 aromatic rings. The van der Waals surface area contributed by atoms with Gasteiger partial charge in [-0.1, -0.05) is 35.9 Å². The lowest BCUT2D eigenvalue weighted by molar-refractivity contribution is -0.125. The number of hydrogen-bond acceptors (Lipinski definition) is 3. The summed E-state index contributed by atoms with van der Waals surface area (Å²) in [6, 6.07) is 11.4. The first-order valence-electron chi connectivity index (χ1n) is 7.89. The molecule has 0 atom stereocenters. The first-order valence-corrected chi connectivity index (χ1v) is 9.08. The molecule has 0 saturated carbocycles. The van der Waals surface area contributed by atoms with Gasteiger partial charge in [-0.3, -0.25) is 10.2 Å². The van der Waals surface area contributed by atoms with E-state index in [1.807, 2.05) is 41.3 Å². The summed E-state index contributed by atoms with van der Waals surface area (Å²) in [4.78, 5) is 15.1. The van der Waals surface area contributed by atoms with Crippen LogP contribution in [0.4, 0.5) is 0 Å². The third-order valence-electron chi connectivity index (χ3n) is 4.05. The van der Waals surface area contributed by atoms with E-state index in [4.69, 9.17) is 22.7 Å². The van der Waals surface area contributed by atoms with Crippen LogP contribution in [0, 0.1) is 5.41 Å². The lowest BCUT2D eigenvalue weighted by atomic mass is 9.97. The summed E-state index contributed by atoms with van der Waals surface area (Å²) in [5.74, 6) is 0.0613. The van der Waals surface area contributed by atoms with E-state index in [1.54, 1.807) is 12.2 Å². The molecule has 0 spiro atoms. The van der Waals surface area contributed by atoms with Crippen molar-refractivity contribution in [1.82, 2.24) is 4.90 Å². The lowest BCUT2D eigenvalue weighted by Gasteiger charge is -2.25. The monoisotopic (exact) mass is 371 g/mol. The molecule has 2 heterocycles. The Morgan fingerprint density at radius 2 is 2.16 bits per heavy atom. The summed E-state index contributed by atoms with van der Waals surface area (Å²) in [6.07, 6.45) is 6.24. The number of halogens is 1. The minimum atomic E-state index is -0.00249. The molecule has 0 aliphatic carbocycles. The van der Waals surface area contributed by atoms with E-state index >= 15 is 0 Å². The molecule has 25 heavy (non-hydrogen) atoms. The SMILES string of the molecule is N=C(N)c1cccc(C2=CCN(C(=O)C=Cc3ccc(Cl)s3)CC2)c1. The number of nitrogen functional groups attached to an aromatic ring is 1. The number of nitrogens with zero attached hydrogens (tertiary/aromatic N) is 1. The smallest absolute Gasteiger partial charge is 0.246 e. The van der Waals surface area contributed by atoms with E-state index in [2.05, 4.69) is 6.08 Å². The van der Waals surface area contributed by atoms with Crippen LogP contribution < -0.4 is 5.73 Å². The summed E-state index contributed by atoms with van der Waals surface area (Å²) >= 11 is 7.34. The van der Waals surface area contributed by atoms with Crippen LogP contribution in [0.15, 0.2) is 48.6 Å². The molecule has 1 aromatic heterocycles. The van der Waals surface area contributed by atoms with Gasteiger partial charge in [-0.15, -0.1) is 11.3 Å². The predicted molar refractivity (Wildman–Crippen MR) is 105 cm³/mol. The zero-order valence-corrected chi connectivity index (χ0v) is 15.1. The van der Waals surface area contributed by atoms with Crippen molar-refractivity contribution in [3.8, 4) is 0 Å². The number of rotatable bonds is 4. The minimum absolute atomic E-state index is 0.00249. The van der Waals surface area contributed by atoms with Crippen molar-refractivity contribution in [1.29, 1.82) is 5.41 Å². The molecule has 1 aromatic carbocycles. The number of carbonyl (C=O) groups excluding carboxylic acids is 1. The topological polar surface area (TPSA) is 70.2 Å². The molecule has 0 bridgehead atoms. The van der Waals surface area contributed by atoms with Gasteiger partial charge in [0.2, 0.25) is 5.91 Å². The fraction of sp³-hybridized carbons (Fsp3) is 0.158. The van der Waals surface area contributed by atoms with Gasteiger partial charge in [0, 0.05) is 29.6 Å². The van der Waals surface area contributed by atoms with Crippen LogP contribution in [0.1, 0.15) is 22.4 Å². The Bertz CT molecular complexity index is 869. The zero-order chi connectivity index (χ0) is 17.8. The standard InChI is InChI=1S/C19H18ClN3OS/c20-17-6-4-16(25-17)5-7-18(24)23-10-8-13(9-11-23)14-2-1-3-15(12-14)19(21)22/h1-8,12H,9-11H2,(H3,21,22). The molecule has 0 radical (unpaired) electrons. The van der Waals surface area contributed by atoms with Crippen LogP contribution in [0.3, 0.4) is 0 Å². The van der Waals surface area contributed by atoms with Gasteiger partial charge in [0.1, 0.15) is 5.84 Å². The third kappa shape index (κ3) is 4.38. The van der Waals surface area contributed by atoms with Crippen LogP contribution in [0.2, 0.25) is 4.34 Å². The van der Waals surface area contributed by atoms with Crippen molar-refractivity contribution < 1.29 is 4.79 Å². The summed E-state index contributed by atoms with van der Waals surface area (Å²) in [5, 5.41) is 7.54. The molecule has 0 saturated heterocycles. The highest BCUT2D eigenvalue weighted by atomic mass is 35.5. The highest BCUT2D eigenvalue weighted by Crippen LogP contribution is 2.24. The van der Waals surface area contributed by atoms with Gasteiger partial charge in [0.15, 0.2) is 0 Å². The van der Waals surface area contributed by atoms with Gasteiger partial charge in [-0.25, -0.2) is 0 Å². The third-order valence-corrected chi connectivity index (χ3v) is 5.25. The Hall–Kier alpha value is -2.37. The highest BCUT2D eigenvalue weighted by molar-refractivity contribution is 7.17. The molecule has 3 rings (SSSR count). The number of thiophene rings is 1. The molecule has 1 amide bonds. The van der Waals surface area contributed by atoms with Crippen molar-refractivity contribution >= 4 is 46.3 Å². The second kappa shape index (κ2) is 7.68. The number of hydrogen-bond donors (Lipinski definition) is 2. The zero-order valence-electron chi connectivity index (χ0n) is 13.5. The summed E-state index contributed by atoms with van der Waals surface area (Å²) in [6.45, 7) is 1.25. The quantitative estimate of drug-likeness (QED) is 0.484. The summed E-state index contributed by atoms with van der Waals surface area (Å²) < 4.78 is 0.713. The number of benzene rings is 1. The molecular formula is C19H18ClN3OS. The molecule has 4 nitrogen and oxygen atoms in total. The van der Waals surface area contributed by atoms with E-state index in [9.17, 15) is 4.79 Å². The Morgan fingerprint density at radius 3 is 2.80 bits per heavy atom. The number of amides is 1. The van der Waals surface area contributed by atoms with Crippen molar-refractivity contribution in [3.05, 3.63) is 68.9 Å². The second-order valence-electron chi connectivity index (χ2n) is 5.73. The maximum Gasteiger partial charge on any atom is 0.246 e. The van der Waals surface area contributed by atoms with E-state index < -0.39 is 0 Å². The van der Waals surface area contributed by atoms with Gasteiger partial charge >= 0.3 is 0 Å². The molecule has 0 unspecified atom stereocenters. The summed E-state index contributed by atoms with van der Waals surface area (Å²) in [7, 11) is 0. The predicted octanol–water partition coefficient (Wildman–Crippen LogP) is 4.01. The van der Waals surface area contributed by atoms with Crippen LogP contribution in [0.25, 0.3) is 11.6 Å². The molecule has 128 valence electrons. The van der Waals surface area contributed by atoms with E-state index in [1.165, 1.54) is 16.9 Å². The maximum absolute atomic E-state index is 12.3. The van der Waals surface area contributed by atoms with Gasteiger partial charge < -0.3 is 10.6 Å². The van der Waals surface area contributed by atoms with Crippen LogP contribution in [-0.2, 0) is 4.79 Å². The first kappa shape index (κ1) is 17.5. The largest absolute Gasteiger partial charge is 0.384 e. The highest BCUT2D eigenvalue weighted by Gasteiger charge is 2.16. The van der Waals surface area contributed by atoms with Crippen molar-refractivity contribution in [2.75, 3.05) is 13.1 Å². The molecule has 1 aliphatic heterocycles. The average molecular weight is 372 g/mol. The molecule has 1 aliphatic rings. The van der Waals surface area contributed by atoms with Crippen molar-refractivity contribution in [3.63, 3.8) is 0 Å². The average Bonchev–Trinajstić information content (AvgIpc) is 3.05. The number of nitrogens with one attached hydrogen (secondary N) is 1. The summed E-state index contributed by atoms with van der Waals surface area (Å²) in [5.41, 5.74) is 8.51. The van der Waals surface area contributed by atoms with Crippen LogP contribution in [-0.4, -0.2) is 29.7 Å². The van der Waals surface area contributed by atoms with Crippen molar-refractivity contribution in [2.24, 2.45) is 5.73 Å². The van der Waals surface area contributed by atoms with Crippen LogP contribution in [0.5, 0.6) is 0 Å². The van der Waals surface area contributed by atoms with E-state index in [0.29, 0.717) is 17.4 Å². The molecular weight excluding hydrogens is 354 g/mol. The Kier molecular flexibility index (Phi) is 5.36. The van der Waals surface area contributed by atoms with Gasteiger partial charge in [0.05, 0.1) is 4.34 Å². The number of carbonyl (C=O) groups is 1. The van der Waals surface area contributed by atoms with E-state index in [-0.39, 0.29) is 11.7 Å². The maximum atomic E-state index is 12.3. The van der Waals surface area contributed by atoms with Crippen LogP contribution >= 0.6 is 22.9 Å². The number of amidine groups is 1.